The van der Waals surface area contributed by atoms with Crippen LogP contribution in [-0.2, 0) is 18.4 Å². The van der Waals surface area contributed by atoms with Crippen LogP contribution in [0.3, 0.4) is 0 Å². The highest BCUT2D eigenvalue weighted by Gasteiger charge is 2.37. The van der Waals surface area contributed by atoms with E-state index in [1.54, 1.807) is 55.3 Å². The SMILES string of the molecule is C[C@H](NC(=O)N(C)CCc1ccccc1)C(O)(Cc1ccc(Cl)cc1)c1cccc(C#N)c1. The Hall–Kier alpha value is -3.33. The van der Waals surface area contributed by atoms with E-state index < -0.39 is 11.6 Å². The molecule has 2 atom stereocenters. The molecule has 2 N–H and O–H groups in total. The summed E-state index contributed by atoms with van der Waals surface area (Å²) in [7, 11) is 1.74. The van der Waals surface area contributed by atoms with E-state index >= 15 is 0 Å². The van der Waals surface area contributed by atoms with Crippen LogP contribution in [0.1, 0.15) is 29.2 Å². The van der Waals surface area contributed by atoms with Gasteiger partial charge in [0, 0.05) is 25.0 Å². The first-order chi connectivity index (χ1) is 15.8. The molecule has 170 valence electrons. The summed E-state index contributed by atoms with van der Waals surface area (Å²) < 4.78 is 0. The minimum atomic E-state index is -1.43. The molecule has 0 aliphatic rings. The number of rotatable bonds is 8. The highest BCUT2D eigenvalue weighted by Crippen LogP contribution is 2.31. The number of carbonyl (C=O) groups is 1. The van der Waals surface area contributed by atoms with Gasteiger partial charge in [-0.15, -0.1) is 0 Å². The van der Waals surface area contributed by atoms with Crippen LogP contribution in [0.5, 0.6) is 0 Å². The topological polar surface area (TPSA) is 76.4 Å². The molecule has 0 fully saturated rings. The van der Waals surface area contributed by atoms with E-state index in [1.165, 1.54) is 0 Å². The van der Waals surface area contributed by atoms with Gasteiger partial charge in [0.2, 0.25) is 0 Å². The minimum absolute atomic E-state index is 0.244. The van der Waals surface area contributed by atoms with Crippen LogP contribution in [0.15, 0.2) is 78.9 Å². The number of hydrogen-bond donors (Lipinski definition) is 2. The summed E-state index contributed by atoms with van der Waals surface area (Å²) in [5.74, 6) is 0. The lowest BCUT2D eigenvalue weighted by Crippen LogP contribution is -2.53. The molecule has 3 aromatic carbocycles. The fraction of sp³-hybridized carbons (Fsp3) is 0.259. The van der Waals surface area contributed by atoms with Gasteiger partial charge >= 0.3 is 6.03 Å². The lowest BCUT2D eigenvalue weighted by molar-refractivity contribution is 0.00491. The molecular formula is C27H28ClN3O2. The summed E-state index contributed by atoms with van der Waals surface area (Å²) >= 11 is 6.02. The van der Waals surface area contributed by atoms with Gasteiger partial charge in [-0.3, -0.25) is 0 Å². The average molecular weight is 462 g/mol. The number of hydrogen-bond acceptors (Lipinski definition) is 3. The van der Waals surface area contributed by atoms with Crippen molar-refractivity contribution in [3.05, 3.63) is 106 Å². The van der Waals surface area contributed by atoms with E-state index in [1.807, 2.05) is 42.5 Å². The zero-order valence-corrected chi connectivity index (χ0v) is 19.6. The summed E-state index contributed by atoms with van der Waals surface area (Å²) in [6.07, 6.45) is 0.979. The van der Waals surface area contributed by atoms with Crippen molar-refractivity contribution in [2.75, 3.05) is 13.6 Å². The third-order valence-corrected chi connectivity index (χ3v) is 6.11. The smallest absolute Gasteiger partial charge is 0.317 e. The molecule has 33 heavy (non-hydrogen) atoms. The van der Waals surface area contributed by atoms with Gasteiger partial charge in [-0.25, -0.2) is 4.79 Å². The zero-order chi connectivity index (χ0) is 23.8. The van der Waals surface area contributed by atoms with Crippen LogP contribution >= 0.6 is 11.6 Å². The maximum absolute atomic E-state index is 12.9. The predicted molar refractivity (Wildman–Crippen MR) is 131 cm³/mol. The van der Waals surface area contributed by atoms with E-state index in [9.17, 15) is 15.2 Å². The lowest BCUT2D eigenvalue weighted by Gasteiger charge is -2.36. The molecule has 0 bridgehead atoms. The highest BCUT2D eigenvalue weighted by atomic mass is 35.5. The Kier molecular flexibility index (Phi) is 8.11. The maximum atomic E-state index is 12.9. The van der Waals surface area contributed by atoms with E-state index in [0.717, 1.165) is 17.5 Å². The summed E-state index contributed by atoms with van der Waals surface area (Å²) in [4.78, 5) is 14.5. The Balaban J connectivity index is 1.79. The first-order valence-electron chi connectivity index (χ1n) is 10.8. The lowest BCUT2D eigenvalue weighted by atomic mass is 9.81. The van der Waals surface area contributed by atoms with Crippen LogP contribution in [-0.4, -0.2) is 35.7 Å². The number of amides is 2. The third-order valence-electron chi connectivity index (χ3n) is 5.86. The molecule has 0 aromatic heterocycles. The van der Waals surface area contributed by atoms with E-state index in [-0.39, 0.29) is 12.5 Å². The first kappa shape index (κ1) is 24.3. The van der Waals surface area contributed by atoms with Crippen molar-refractivity contribution >= 4 is 17.6 Å². The van der Waals surface area contributed by atoms with Gasteiger partial charge in [-0.05, 0) is 54.3 Å². The summed E-state index contributed by atoms with van der Waals surface area (Å²) in [6, 6.07) is 25.3. The van der Waals surface area contributed by atoms with Gasteiger partial charge in [0.15, 0.2) is 0 Å². The van der Waals surface area contributed by atoms with Gasteiger partial charge in [0.25, 0.3) is 0 Å². The second-order valence-corrected chi connectivity index (χ2v) is 8.68. The fourth-order valence-corrected chi connectivity index (χ4v) is 3.86. The van der Waals surface area contributed by atoms with E-state index in [0.29, 0.717) is 22.7 Å². The molecular weight excluding hydrogens is 434 g/mol. The Labute approximate surface area is 200 Å². The first-order valence-corrected chi connectivity index (χ1v) is 11.2. The van der Waals surface area contributed by atoms with Gasteiger partial charge in [0.05, 0.1) is 17.7 Å². The highest BCUT2D eigenvalue weighted by molar-refractivity contribution is 6.30. The number of urea groups is 1. The van der Waals surface area contributed by atoms with Crippen molar-refractivity contribution in [1.29, 1.82) is 5.26 Å². The monoisotopic (exact) mass is 461 g/mol. The van der Waals surface area contributed by atoms with Crippen molar-refractivity contribution in [2.24, 2.45) is 0 Å². The third kappa shape index (κ3) is 6.35. The maximum Gasteiger partial charge on any atom is 0.317 e. The molecule has 0 spiro atoms. The molecule has 6 heteroatoms. The predicted octanol–water partition coefficient (Wildman–Crippen LogP) is 4.91. The Morgan fingerprint density at radius 3 is 2.45 bits per heavy atom. The molecule has 0 aliphatic heterocycles. The van der Waals surface area contributed by atoms with E-state index in [2.05, 4.69) is 11.4 Å². The zero-order valence-electron chi connectivity index (χ0n) is 18.8. The molecule has 3 rings (SSSR count). The van der Waals surface area contributed by atoms with Gasteiger partial charge in [0.1, 0.15) is 5.60 Å². The molecule has 2 amide bonds. The van der Waals surface area contributed by atoms with Crippen molar-refractivity contribution < 1.29 is 9.90 Å². The molecule has 0 radical (unpaired) electrons. The largest absolute Gasteiger partial charge is 0.383 e. The molecule has 5 nitrogen and oxygen atoms in total. The standard InChI is InChI=1S/C27H28ClN3O2/c1-20(30-26(32)31(2)16-15-21-7-4-3-5-8-21)27(33,18-22-11-13-25(28)14-12-22)24-10-6-9-23(17-24)19-29/h3-14,17,20,33H,15-16,18H2,1-2H3,(H,30,32)/t20-,27?/m0/s1. The number of likely N-dealkylation sites (N-methyl/N-ethyl adjacent to an activating group) is 1. The number of aliphatic hydroxyl groups is 1. The van der Waals surface area contributed by atoms with Gasteiger partial charge < -0.3 is 15.3 Å². The van der Waals surface area contributed by atoms with Crippen molar-refractivity contribution in [3.63, 3.8) is 0 Å². The minimum Gasteiger partial charge on any atom is -0.383 e. The Morgan fingerprint density at radius 1 is 1.09 bits per heavy atom. The van der Waals surface area contributed by atoms with Crippen molar-refractivity contribution in [1.82, 2.24) is 10.2 Å². The van der Waals surface area contributed by atoms with Crippen LogP contribution in [0, 0.1) is 11.3 Å². The van der Waals surface area contributed by atoms with Gasteiger partial charge in [-0.1, -0.05) is 66.2 Å². The Morgan fingerprint density at radius 2 is 1.79 bits per heavy atom. The number of nitriles is 1. The molecule has 0 aliphatic carbocycles. The van der Waals surface area contributed by atoms with E-state index in [4.69, 9.17) is 11.6 Å². The number of benzene rings is 3. The molecule has 0 saturated carbocycles. The Bertz CT molecular complexity index is 1110. The number of halogens is 1. The molecule has 3 aromatic rings. The van der Waals surface area contributed by atoms with Crippen molar-refractivity contribution in [2.45, 2.75) is 31.4 Å². The number of nitrogens with zero attached hydrogens (tertiary/aromatic N) is 2. The summed E-state index contributed by atoms with van der Waals surface area (Å²) in [5.41, 5.74) is 1.59. The van der Waals surface area contributed by atoms with Crippen LogP contribution in [0.4, 0.5) is 4.79 Å². The number of carbonyl (C=O) groups excluding carboxylic acids is 1. The van der Waals surface area contributed by atoms with Gasteiger partial charge in [-0.2, -0.15) is 5.26 Å². The van der Waals surface area contributed by atoms with Crippen LogP contribution in [0.25, 0.3) is 0 Å². The quantitative estimate of drug-likeness (QED) is 0.500. The molecule has 0 saturated heterocycles. The van der Waals surface area contributed by atoms with Crippen molar-refractivity contribution in [3.8, 4) is 6.07 Å². The summed E-state index contributed by atoms with van der Waals surface area (Å²) in [6.45, 7) is 2.32. The average Bonchev–Trinajstić information content (AvgIpc) is 2.84. The second kappa shape index (κ2) is 11.0. The van der Waals surface area contributed by atoms with Crippen LogP contribution in [0.2, 0.25) is 5.02 Å². The molecule has 1 unspecified atom stereocenters. The number of nitrogens with one attached hydrogen (secondary N) is 1. The fourth-order valence-electron chi connectivity index (χ4n) is 3.73. The second-order valence-electron chi connectivity index (χ2n) is 8.25. The van der Waals surface area contributed by atoms with Crippen LogP contribution < -0.4 is 5.32 Å². The summed E-state index contributed by atoms with van der Waals surface area (Å²) in [5, 5.41) is 24.8. The normalized spacial score (nSPS) is 13.4. The molecule has 0 heterocycles.